The van der Waals surface area contributed by atoms with E-state index in [1.807, 2.05) is 68.3 Å². The van der Waals surface area contributed by atoms with E-state index in [4.69, 9.17) is 0 Å². The van der Waals surface area contributed by atoms with Gasteiger partial charge in [-0.3, -0.25) is 19.8 Å². The lowest BCUT2D eigenvalue weighted by Crippen LogP contribution is -2.32. The number of hydrogen-bond acceptors (Lipinski definition) is 5. The highest BCUT2D eigenvalue weighted by atomic mass is 16.6. The van der Waals surface area contributed by atoms with Crippen molar-refractivity contribution in [1.29, 1.82) is 0 Å². The third-order valence-corrected chi connectivity index (χ3v) is 4.72. The number of anilines is 1. The molecule has 0 fully saturated rings. The van der Waals surface area contributed by atoms with Gasteiger partial charge in [0.15, 0.2) is 0 Å². The third kappa shape index (κ3) is 4.85. The summed E-state index contributed by atoms with van der Waals surface area (Å²) in [4.78, 5) is 25.0. The highest BCUT2D eigenvalue weighted by molar-refractivity contribution is 5.91. The Morgan fingerprint density at radius 2 is 1.93 bits per heavy atom. The number of amides is 1. The van der Waals surface area contributed by atoms with Crippen molar-refractivity contribution >= 4 is 17.4 Å². The fraction of sp³-hybridized carbons (Fsp3) is 0.238. The number of carbonyl (C=O) groups is 1. The number of nitro groups is 1. The SMILES string of the molecule is Cc1cc(NC(=O)CN(C)[C@H](C)c2cccc([N+](=O)[O-])c2)n(-c2ccccc2)n1. The number of non-ortho nitro benzene ring substituents is 1. The van der Waals surface area contributed by atoms with Crippen molar-refractivity contribution in [2.45, 2.75) is 19.9 Å². The van der Waals surface area contributed by atoms with Gasteiger partial charge in [-0.25, -0.2) is 4.68 Å². The van der Waals surface area contributed by atoms with Gasteiger partial charge in [-0.05, 0) is 38.6 Å². The minimum Gasteiger partial charge on any atom is -0.309 e. The van der Waals surface area contributed by atoms with Crippen LogP contribution in [0, 0.1) is 17.0 Å². The molecular formula is C21H23N5O3. The number of nitrogens with one attached hydrogen (secondary N) is 1. The second-order valence-corrected chi connectivity index (χ2v) is 6.91. The quantitative estimate of drug-likeness (QED) is 0.488. The van der Waals surface area contributed by atoms with Crippen molar-refractivity contribution in [2.24, 2.45) is 0 Å². The summed E-state index contributed by atoms with van der Waals surface area (Å²) in [6.45, 7) is 3.90. The minimum atomic E-state index is -0.421. The number of rotatable bonds is 7. The van der Waals surface area contributed by atoms with Crippen LogP contribution in [0.15, 0.2) is 60.7 Å². The number of nitro benzene ring substituents is 1. The molecule has 3 rings (SSSR count). The number of aromatic nitrogens is 2. The van der Waals surface area contributed by atoms with Crippen molar-refractivity contribution < 1.29 is 9.72 Å². The van der Waals surface area contributed by atoms with E-state index in [1.165, 1.54) is 12.1 Å². The molecule has 8 nitrogen and oxygen atoms in total. The van der Waals surface area contributed by atoms with E-state index in [0.717, 1.165) is 16.9 Å². The van der Waals surface area contributed by atoms with E-state index in [-0.39, 0.29) is 24.2 Å². The summed E-state index contributed by atoms with van der Waals surface area (Å²) >= 11 is 0. The number of hydrogen-bond donors (Lipinski definition) is 1. The van der Waals surface area contributed by atoms with Crippen molar-refractivity contribution in [1.82, 2.24) is 14.7 Å². The number of carbonyl (C=O) groups excluding carboxylic acids is 1. The van der Waals surface area contributed by atoms with Crippen molar-refractivity contribution in [2.75, 3.05) is 18.9 Å². The molecule has 2 aromatic carbocycles. The molecule has 0 saturated heterocycles. The lowest BCUT2D eigenvalue weighted by molar-refractivity contribution is -0.384. The summed E-state index contributed by atoms with van der Waals surface area (Å²) < 4.78 is 1.69. The molecule has 0 spiro atoms. The number of aryl methyl sites for hydroxylation is 1. The molecule has 0 radical (unpaired) electrons. The van der Waals surface area contributed by atoms with E-state index in [1.54, 1.807) is 10.7 Å². The first-order valence-corrected chi connectivity index (χ1v) is 9.21. The first-order valence-electron chi connectivity index (χ1n) is 9.21. The Morgan fingerprint density at radius 3 is 2.62 bits per heavy atom. The lowest BCUT2D eigenvalue weighted by Gasteiger charge is -2.24. The molecule has 0 bridgehead atoms. The van der Waals surface area contributed by atoms with E-state index >= 15 is 0 Å². The minimum absolute atomic E-state index is 0.0365. The van der Waals surface area contributed by atoms with E-state index in [9.17, 15) is 14.9 Å². The van der Waals surface area contributed by atoms with Crippen LogP contribution in [0.4, 0.5) is 11.5 Å². The Balaban J connectivity index is 1.70. The smallest absolute Gasteiger partial charge is 0.269 e. The summed E-state index contributed by atoms with van der Waals surface area (Å²) in [7, 11) is 1.81. The molecule has 1 aromatic heterocycles. The molecule has 1 atom stereocenters. The second-order valence-electron chi connectivity index (χ2n) is 6.91. The van der Waals surface area contributed by atoms with Gasteiger partial charge >= 0.3 is 0 Å². The molecule has 1 amide bonds. The maximum absolute atomic E-state index is 12.6. The molecule has 0 unspecified atom stereocenters. The molecule has 1 N–H and O–H groups in total. The standard InChI is InChI=1S/C21H23N5O3/c1-15-12-20(25(23-15)18-9-5-4-6-10-18)22-21(27)14-24(3)16(2)17-8-7-11-19(13-17)26(28)29/h4-13,16H,14H2,1-3H3,(H,22,27)/t16-/m1/s1. The Kier molecular flexibility index (Phi) is 6.04. The van der Waals surface area contributed by atoms with Crippen LogP contribution >= 0.6 is 0 Å². The van der Waals surface area contributed by atoms with E-state index in [0.29, 0.717) is 5.82 Å². The first-order chi connectivity index (χ1) is 13.8. The van der Waals surface area contributed by atoms with Gasteiger partial charge in [0, 0.05) is 24.2 Å². The van der Waals surface area contributed by atoms with Crippen LogP contribution in [-0.2, 0) is 4.79 Å². The monoisotopic (exact) mass is 393 g/mol. The largest absolute Gasteiger partial charge is 0.309 e. The van der Waals surface area contributed by atoms with Gasteiger partial charge in [-0.1, -0.05) is 30.3 Å². The van der Waals surface area contributed by atoms with Crippen LogP contribution in [0.5, 0.6) is 0 Å². The summed E-state index contributed by atoms with van der Waals surface area (Å²) in [6.07, 6.45) is 0. The van der Waals surface area contributed by atoms with Gasteiger partial charge in [0.25, 0.3) is 5.69 Å². The molecule has 0 aliphatic rings. The van der Waals surface area contributed by atoms with Gasteiger partial charge in [-0.2, -0.15) is 5.10 Å². The maximum atomic E-state index is 12.6. The topological polar surface area (TPSA) is 93.3 Å². The third-order valence-electron chi connectivity index (χ3n) is 4.72. The number of para-hydroxylation sites is 1. The van der Waals surface area contributed by atoms with E-state index < -0.39 is 4.92 Å². The predicted octanol–water partition coefficient (Wildman–Crippen LogP) is 3.72. The molecule has 3 aromatic rings. The highest BCUT2D eigenvalue weighted by Gasteiger charge is 2.18. The molecule has 0 aliphatic heterocycles. The average molecular weight is 393 g/mol. The maximum Gasteiger partial charge on any atom is 0.269 e. The van der Waals surface area contributed by atoms with Crippen LogP contribution in [0.3, 0.4) is 0 Å². The molecule has 150 valence electrons. The lowest BCUT2D eigenvalue weighted by atomic mass is 10.1. The van der Waals surface area contributed by atoms with Gasteiger partial charge in [0.2, 0.25) is 5.91 Å². The summed E-state index contributed by atoms with van der Waals surface area (Å²) in [5.41, 5.74) is 2.46. The van der Waals surface area contributed by atoms with Gasteiger partial charge in [0.1, 0.15) is 5.82 Å². The molecular weight excluding hydrogens is 370 g/mol. The van der Waals surface area contributed by atoms with Crippen LogP contribution < -0.4 is 5.32 Å². The summed E-state index contributed by atoms with van der Waals surface area (Å²) in [6, 6.07) is 17.7. The molecule has 1 heterocycles. The highest BCUT2D eigenvalue weighted by Crippen LogP contribution is 2.23. The molecule has 8 heteroatoms. The Bertz CT molecular complexity index is 1020. The van der Waals surface area contributed by atoms with Gasteiger partial charge in [-0.15, -0.1) is 0 Å². The van der Waals surface area contributed by atoms with Crippen LogP contribution in [0.1, 0.15) is 24.2 Å². The van der Waals surface area contributed by atoms with Crippen molar-refractivity contribution in [3.8, 4) is 5.69 Å². The zero-order valence-corrected chi connectivity index (χ0v) is 16.6. The fourth-order valence-electron chi connectivity index (χ4n) is 3.05. The van der Waals surface area contributed by atoms with Gasteiger partial charge < -0.3 is 5.32 Å². The zero-order valence-electron chi connectivity index (χ0n) is 16.6. The van der Waals surface area contributed by atoms with Gasteiger partial charge in [0.05, 0.1) is 22.8 Å². The summed E-state index contributed by atoms with van der Waals surface area (Å²) in [5.74, 6) is 0.400. The Labute approximate surface area is 168 Å². The average Bonchev–Trinajstić information content (AvgIpc) is 3.07. The van der Waals surface area contributed by atoms with Crippen molar-refractivity contribution in [3.05, 3.63) is 82.0 Å². The molecule has 0 saturated carbocycles. The molecule has 0 aliphatic carbocycles. The van der Waals surface area contributed by atoms with Crippen LogP contribution in [0.2, 0.25) is 0 Å². The number of likely N-dealkylation sites (N-methyl/N-ethyl adjacent to an activating group) is 1. The number of benzene rings is 2. The number of nitrogens with zero attached hydrogens (tertiary/aromatic N) is 4. The first kappa shape index (κ1) is 20.2. The summed E-state index contributed by atoms with van der Waals surface area (Å²) in [5, 5.41) is 18.4. The zero-order chi connectivity index (χ0) is 21.0. The Hall–Kier alpha value is -3.52. The molecule has 29 heavy (non-hydrogen) atoms. The van der Waals surface area contributed by atoms with Crippen LogP contribution in [0.25, 0.3) is 5.69 Å². The second kappa shape index (κ2) is 8.66. The Morgan fingerprint density at radius 1 is 1.21 bits per heavy atom. The predicted molar refractivity (Wildman–Crippen MR) is 111 cm³/mol. The van der Waals surface area contributed by atoms with Crippen molar-refractivity contribution in [3.63, 3.8) is 0 Å². The fourth-order valence-corrected chi connectivity index (χ4v) is 3.05. The van der Waals surface area contributed by atoms with Crippen LogP contribution in [-0.4, -0.2) is 39.1 Å². The van der Waals surface area contributed by atoms with E-state index in [2.05, 4.69) is 10.4 Å². The normalized spacial score (nSPS) is 12.0.